The third kappa shape index (κ3) is 12.3. The molecule has 11 heteroatoms. The van der Waals surface area contributed by atoms with Gasteiger partial charge in [0.15, 0.2) is 19.8 Å². The Bertz CT molecular complexity index is 1630. The van der Waals surface area contributed by atoms with Crippen LogP contribution in [0.4, 0.5) is 0 Å². The molecule has 2 aliphatic heterocycles. The minimum Gasteiger partial charge on any atom is -0.493 e. The zero-order chi connectivity index (χ0) is 41.7. The number of allylic oxidation sites excluding steroid dienone is 1. The molecule has 1 unspecified atom stereocenters. The van der Waals surface area contributed by atoms with Crippen LogP contribution in [-0.2, 0) is 29.9 Å². The number of aryl methyl sites for hydroxylation is 1. The molecule has 2 aromatic rings. The molecule has 0 aromatic heterocycles. The minimum atomic E-state index is -2.24. The Hall–Kier alpha value is -3.38. The summed E-state index contributed by atoms with van der Waals surface area (Å²) in [5.41, 5.74) is 1.90. The molecule has 0 bridgehead atoms. The lowest BCUT2D eigenvalue weighted by atomic mass is 9.76. The number of piperidine rings is 1. The van der Waals surface area contributed by atoms with Gasteiger partial charge in [0.1, 0.15) is 24.5 Å². The predicted octanol–water partition coefficient (Wildman–Crippen LogP) is 9.18. The van der Waals surface area contributed by atoms with E-state index in [1.807, 2.05) is 60.4 Å². The molecule has 10 nitrogen and oxygen atoms in total. The van der Waals surface area contributed by atoms with Gasteiger partial charge in [0.25, 0.3) is 0 Å². The van der Waals surface area contributed by atoms with E-state index in [-0.39, 0.29) is 34.9 Å². The summed E-state index contributed by atoms with van der Waals surface area (Å²) < 4.78 is 36.5. The summed E-state index contributed by atoms with van der Waals surface area (Å²) in [5, 5.41) is -0.0124. The number of rotatable bonds is 18. The van der Waals surface area contributed by atoms with Crippen LogP contribution in [0.1, 0.15) is 103 Å². The Balaban J connectivity index is 1.40. The first-order valence-corrected chi connectivity index (χ1v) is 24.8. The van der Waals surface area contributed by atoms with Crippen molar-refractivity contribution in [1.82, 2.24) is 9.80 Å². The highest BCUT2D eigenvalue weighted by Crippen LogP contribution is 2.42. The van der Waals surface area contributed by atoms with Crippen molar-refractivity contribution in [2.45, 2.75) is 128 Å². The van der Waals surface area contributed by atoms with Crippen LogP contribution < -0.4 is 14.2 Å². The first-order valence-electron chi connectivity index (χ1n) is 21.9. The number of nitrogens with zero attached hydrogens (tertiary/aromatic N) is 2. The van der Waals surface area contributed by atoms with Gasteiger partial charge in [-0.05, 0) is 111 Å². The van der Waals surface area contributed by atoms with E-state index < -0.39 is 20.5 Å². The fraction of sp³-hybridized carbons (Fsp3) is 0.660. The van der Waals surface area contributed by atoms with Crippen LogP contribution in [0.5, 0.6) is 17.2 Å². The summed E-state index contributed by atoms with van der Waals surface area (Å²) in [4.78, 5) is 34.0. The predicted molar refractivity (Wildman–Crippen MR) is 232 cm³/mol. The Morgan fingerprint density at radius 2 is 1.64 bits per heavy atom. The summed E-state index contributed by atoms with van der Waals surface area (Å²) >= 11 is 0. The number of ether oxygens (including phenoxy) is 5. The Kier molecular flexibility index (Phi) is 17.1. The molecule has 2 saturated heterocycles. The number of carbonyl (C=O) groups excluding carboxylic acids is 2. The van der Waals surface area contributed by atoms with Gasteiger partial charge in [-0.2, -0.15) is 0 Å². The number of esters is 1. The summed E-state index contributed by atoms with van der Waals surface area (Å²) in [5.74, 6) is 1.59. The van der Waals surface area contributed by atoms with Crippen LogP contribution in [0.25, 0.3) is 0 Å². The molecule has 3 aliphatic rings. The molecule has 0 spiro atoms. The normalized spacial score (nSPS) is 20.3. The fourth-order valence-electron chi connectivity index (χ4n) is 8.44. The number of benzene rings is 2. The smallest absolute Gasteiger partial charge is 0.329 e. The lowest BCUT2D eigenvalue weighted by Gasteiger charge is -2.45. The van der Waals surface area contributed by atoms with E-state index >= 15 is 4.79 Å². The molecule has 58 heavy (non-hydrogen) atoms. The third-order valence-electron chi connectivity index (χ3n) is 12.9. The van der Waals surface area contributed by atoms with E-state index in [1.54, 1.807) is 14.2 Å². The van der Waals surface area contributed by atoms with Crippen molar-refractivity contribution in [2.24, 2.45) is 11.8 Å². The van der Waals surface area contributed by atoms with Gasteiger partial charge in [0.2, 0.25) is 5.91 Å². The second-order valence-corrected chi connectivity index (χ2v) is 22.6. The SMILES string of the molecule is C/C=C/[C@@H](O[Si](C)(C)C(C)(C)C)[C@@H](C(=O)N1CCCCC1C(=O)O[C@H](CCc1ccc(OC)c(OC)c1)c1cccc(OCCN2CCOCC2)c1)C1CCCCC1. The summed E-state index contributed by atoms with van der Waals surface area (Å²) in [6.45, 7) is 18.5. The first kappa shape index (κ1) is 45.7. The maximum Gasteiger partial charge on any atom is 0.329 e. The molecule has 2 heterocycles. The number of carbonyl (C=O) groups is 2. The summed E-state index contributed by atoms with van der Waals surface area (Å²) in [6, 6.07) is 13.2. The fourth-order valence-corrected chi connectivity index (χ4v) is 9.70. The van der Waals surface area contributed by atoms with Gasteiger partial charge < -0.3 is 33.0 Å². The minimum absolute atomic E-state index is 0.0124. The van der Waals surface area contributed by atoms with Crippen molar-refractivity contribution in [3.63, 3.8) is 0 Å². The Labute approximate surface area is 350 Å². The van der Waals surface area contributed by atoms with E-state index in [0.717, 1.165) is 88.2 Å². The van der Waals surface area contributed by atoms with E-state index in [4.69, 9.17) is 28.1 Å². The van der Waals surface area contributed by atoms with Crippen LogP contribution >= 0.6 is 0 Å². The number of methoxy groups -OCH3 is 2. The molecular formula is C47H72N2O8Si. The van der Waals surface area contributed by atoms with Crippen LogP contribution in [-0.4, -0.2) is 102 Å². The van der Waals surface area contributed by atoms with E-state index in [1.165, 1.54) is 6.42 Å². The molecule has 5 rings (SSSR count). The van der Waals surface area contributed by atoms with Crippen LogP contribution in [0.3, 0.4) is 0 Å². The molecule has 0 radical (unpaired) electrons. The maximum absolute atomic E-state index is 15.2. The monoisotopic (exact) mass is 821 g/mol. The van der Waals surface area contributed by atoms with Crippen molar-refractivity contribution in [1.29, 1.82) is 0 Å². The zero-order valence-electron chi connectivity index (χ0n) is 36.8. The number of amides is 1. The molecule has 0 N–H and O–H groups in total. The van der Waals surface area contributed by atoms with E-state index in [0.29, 0.717) is 43.9 Å². The van der Waals surface area contributed by atoms with Gasteiger partial charge in [-0.1, -0.05) is 70.4 Å². The summed E-state index contributed by atoms with van der Waals surface area (Å²) in [7, 11) is 1.02. The van der Waals surface area contributed by atoms with Gasteiger partial charge in [0, 0.05) is 26.2 Å². The Morgan fingerprint density at radius 3 is 2.33 bits per heavy atom. The topological polar surface area (TPSA) is 96.0 Å². The summed E-state index contributed by atoms with van der Waals surface area (Å²) in [6.07, 6.45) is 12.1. The number of hydrogen-bond donors (Lipinski definition) is 0. The van der Waals surface area contributed by atoms with Crippen molar-refractivity contribution >= 4 is 20.2 Å². The second kappa shape index (κ2) is 21.7. The van der Waals surface area contributed by atoms with Crippen molar-refractivity contribution < 1.29 is 37.7 Å². The average molecular weight is 821 g/mol. The van der Waals surface area contributed by atoms with Crippen LogP contribution in [0.2, 0.25) is 18.1 Å². The first-order chi connectivity index (χ1) is 27.8. The van der Waals surface area contributed by atoms with Gasteiger partial charge in [-0.3, -0.25) is 9.69 Å². The lowest BCUT2D eigenvalue weighted by molar-refractivity contribution is -0.165. The van der Waals surface area contributed by atoms with Crippen molar-refractivity contribution in [2.75, 3.05) is 60.2 Å². The van der Waals surface area contributed by atoms with Crippen LogP contribution in [0.15, 0.2) is 54.6 Å². The number of morpholine rings is 1. The van der Waals surface area contributed by atoms with Crippen molar-refractivity contribution in [3.05, 3.63) is 65.7 Å². The van der Waals surface area contributed by atoms with Crippen LogP contribution in [0, 0.1) is 11.8 Å². The molecule has 1 aliphatic carbocycles. The average Bonchev–Trinajstić information content (AvgIpc) is 3.22. The highest BCUT2D eigenvalue weighted by molar-refractivity contribution is 6.74. The molecule has 2 aromatic carbocycles. The largest absolute Gasteiger partial charge is 0.493 e. The molecule has 1 amide bonds. The Morgan fingerprint density at radius 1 is 0.914 bits per heavy atom. The maximum atomic E-state index is 15.2. The quantitative estimate of drug-likeness (QED) is 0.0829. The van der Waals surface area contributed by atoms with Gasteiger partial charge in [0.05, 0.1) is 39.5 Å². The van der Waals surface area contributed by atoms with E-state index in [2.05, 4.69) is 44.8 Å². The van der Waals surface area contributed by atoms with Gasteiger partial charge >= 0.3 is 5.97 Å². The zero-order valence-corrected chi connectivity index (χ0v) is 37.8. The third-order valence-corrected chi connectivity index (χ3v) is 17.4. The number of hydrogen-bond acceptors (Lipinski definition) is 9. The van der Waals surface area contributed by atoms with Crippen molar-refractivity contribution in [3.8, 4) is 17.2 Å². The molecule has 1 saturated carbocycles. The molecule has 4 atom stereocenters. The van der Waals surface area contributed by atoms with Gasteiger partial charge in [-0.15, -0.1) is 0 Å². The standard InChI is InChI=1S/C47H72N2O8Si/c1-9-16-42(57-58(7,8)47(2,3)4)44(36-17-11-10-12-18-36)45(50)49-26-14-13-21-39(49)46(51)56-40(24-22-35-23-25-41(52-5)43(33-35)53-6)37-19-15-20-38(34-37)55-32-29-48-27-30-54-31-28-48/h9,15-16,19-20,23,25,33-34,36,39-40,42,44H,10-14,17-18,21-22,24,26-32H2,1-8H3/b16-9+/t39?,40-,42-,44+/m1/s1. The van der Waals surface area contributed by atoms with E-state index in [9.17, 15) is 4.79 Å². The highest BCUT2D eigenvalue weighted by Gasteiger charge is 2.46. The number of likely N-dealkylation sites (tertiary alicyclic amines) is 1. The molecule has 322 valence electrons. The second-order valence-electron chi connectivity index (χ2n) is 17.9. The highest BCUT2D eigenvalue weighted by atomic mass is 28.4. The molecule has 3 fully saturated rings. The lowest BCUT2D eigenvalue weighted by Crippen LogP contribution is -2.55. The van der Waals surface area contributed by atoms with Gasteiger partial charge in [-0.25, -0.2) is 4.79 Å². The molecular weight excluding hydrogens is 749 g/mol.